The number of aliphatic carboxylic acids is 1. The zero-order valence-corrected chi connectivity index (χ0v) is 11.8. The van der Waals surface area contributed by atoms with Gasteiger partial charge in [-0.1, -0.05) is 42.2 Å². The van der Waals surface area contributed by atoms with E-state index in [9.17, 15) is 14.0 Å². The van der Waals surface area contributed by atoms with Crippen molar-refractivity contribution in [2.45, 2.75) is 6.42 Å². The monoisotopic (exact) mass is 311 g/mol. The van der Waals surface area contributed by atoms with E-state index >= 15 is 0 Å². The number of carbonyl (C=O) groups excluding carboxylic acids is 1. The molecule has 1 fully saturated rings. The lowest BCUT2D eigenvalue weighted by Crippen LogP contribution is -2.30. The molecule has 7 heteroatoms. The maximum absolute atomic E-state index is 13.5. The largest absolute Gasteiger partial charge is 0.481 e. The van der Waals surface area contributed by atoms with Crippen LogP contribution >= 0.6 is 24.0 Å². The summed E-state index contributed by atoms with van der Waals surface area (Å²) in [6.07, 6.45) is 1.24. The number of hydrogen-bond acceptors (Lipinski definition) is 4. The van der Waals surface area contributed by atoms with E-state index in [1.165, 1.54) is 17.0 Å². The molecule has 0 unspecified atom stereocenters. The number of carboxylic acid groups (broad SMARTS) is 1. The zero-order chi connectivity index (χ0) is 14.7. The second-order valence-electron chi connectivity index (χ2n) is 4.00. The van der Waals surface area contributed by atoms with Crippen molar-refractivity contribution >= 4 is 46.3 Å². The molecule has 0 saturated carbocycles. The Morgan fingerprint density at radius 3 is 2.80 bits per heavy atom. The minimum atomic E-state index is -1.00. The first-order valence-electron chi connectivity index (χ1n) is 5.70. The fraction of sp³-hybridized carbons (Fsp3) is 0.154. The summed E-state index contributed by atoms with van der Waals surface area (Å²) in [6.45, 7) is 0.0224. The predicted octanol–water partition coefficient (Wildman–Crippen LogP) is 2.50. The molecule has 0 bridgehead atoms. The van der Waals surface area contributed by atoms with Crippen LogP contribution < -0.4 is 0 Å². The number of rotatable bonds is 4. The number of carboxylic acids is 1. The van der Waals surface area contributed by atoms with E-state index in [0.717, 1.165) is 11.8 Å². The van der Waals surface area contributed by atoms with E-state index < -0.39 is 11.8 Å². The Labute approximate surface area is 124 Å². The summed E-state index contributed by atoms with van der Waals surface area (Å²) in [7, 11) is 0. The molecule has 1 saturated heterocycles. The van der Waals surface area contributed by atoms with Gasteiger partial charge in [-0.05, 0) is 12.1 Å². The van der Waals surface area contributed by atoms with Crippen molar-refractivity contribution in [1.82, 2.24) is 4.90 Å². The molecule has 0 atom stereocenters. The highest BCUT2D eigenvalue weighted by Gasteiger charge is 2.32. The van der Waals surface area contributed by atoms with Crippen LogP contribution in [0, 0.1) is 5.82 Å². The highest BCUT2D eigenvalue weighted by Crippen LogP contribution is 2.32. The molecule has 1 heterocycles. The Balaban J connectivity index is 2.19. The number of benzene rings is 1. The predicted molar refractivity (Wildman–Crippen MR) is 78.5 cm³/mol. The van der Waals surface area contributed by atoms with Crippen molar-refractivity contribution in [3.05, 3.63) is 40.6 Å². The quantitative estimate of drug-likeness (QED) is 0.684. The topological polar surface area (TPSA) is 57.6 Å². The van der Waals surface area contributed by atoms with Crippen LogP contribution in [0.2, 0.25) is 0 Å². The van der Waals surface area contributed by atoms with Gasteiger partial charge in [0.05, 0.1) is 11.3 Å². The van der Waals surface area contributed by atoms with Gasteiger partial charge in [0.25, 0.3) is 5.91 Å². The van der Waals surface area contributed by atoms with Gasteiger partial charge in [0.2, 0.25) is 0 Å². The average molecular weight is 311 g/mol. The van der Waals surface area contributed by atoms with Crippen molar-refractivity contribution in [1.29, 1.82) is 0 Å². The summed E-state index contributed by atoms with van der Waals surface area (Å²) in [5, 5.41) is 8.63. The molecule has 0 aliphatic carbocycles. The van der Waals surface area contributed by atoms with Crippen LogP contribution in [0.5, 0.6) is 0 Å². The Bertz CT molecular complexity index is 615. The molecule has 0 aromatic heterocycles. The summed E-state index contributed by atoms with van der Waals surface area (Å²) < 4.78 is 13.8. The highest BCUT2D eigenvalue weighted by atomic mass is 32.2. The van der Waals surface area contributed by atoms with Crippen LogP contribution in [0.15, 0.2) is 29.2 Å². The maximum atomic E-state index is 13.5. The molecule has 1 N–H and O–H groups in total. The van der Waals surface area contributed by atoms with E-state index in [-0.39, 0.29) is 18.9 Å². The van der Waals surface area contributed by atoms with Gasteiger partial charge < -0.3 is 5.11 Å². The first kappa shape index (κ1) is 14.7. The van der Waals surface area contributed by atoms with E-state index in [2.05, 4.69) is 0 Å². The number of nitrogens with zero attached hydrogens (tertiary/aromatic N) is 1. The molecule has 4 nitrogen and oxygen atoms in total. The fourth-order valence-corrected chi connectivity index (χ4v) is 2.93. The van der Waals surface area contributed by atoms with Crippen LogP contribution in [-0.2, 0) is 9.59 Å². The van der Waals surface area contributed by atoms with Crippen LogP contribution in [0.1, 0.15) is 12.0 Å². The molecule has 1 aliphatic heterocycles. The minimum absolute atomic E-state index is 0.0224. The van der Waals surface area contributed by atoms with Gasteiger partial charge >= 0.3 is 5.97 Å². The second kappa shape index (κ2) is 6.15. The Hall–Kier alpha value is -1.73. The first-order chi connectivity index (χ1) is 9.49. The Morgan fingerprint density at radius 1 is 1.45 bits per heavy atom. The van der Waals surface area contributed by atoms with Crippen LogP contribution in [0.25, 0.3) is 6.08 Å². The maximum Gasteiger partial charge on any atom is 0.305 e. The summed E-state index contributed by atoms with van der Waals surface area (Å²) in [5.41, 5.74) is 0.297. The fourth-order valence-electron chi connectivity index (χ4n) is 1.63. The minimum Gasteiger partial charge on any atom is -0.481 e. The summed E-state index contributed by atoms with van der Waals surface area (Å²) in [4.78, 5) is 24.1. The number of hydrogen-bond donors (Lipinski definition) is 1. The summed E-state index contributed by atoms with van der Waals surface area (Å²) in [6, 6.07) is 6.08. The van der Waals surface area contributed by atoms with Gasteiger partial charge in [0, 0.05) is 12.1 Å². The molecule has 1 aromatic carbocycles. The number of halogens is 1. The Kier molecular flexibility index (Phi) is 4.51. The third-order valence-electron chi connectivity index (χ3n) is 2.61. The van der Waals surface area contributed by atoms with E-state index in [1.807, 2.05) is 0 Å². The molecular formula is C13H10FNO3S2. The SMILES string of the molecule is O=C(O)CCN1C(=O)C(=Cc2ccccc2F)SC1=S. The number of thioether (sulfide) groups is 1. The standard InChI is InChI=1S/C13H10FNO3S2/c14-9-4-2-1-3-8(9)7-10-12(18)15(13(19)20-10)6-5-11(16)17/h1-4,7H,5-6H2,(H,16,17). The van der Waals surface area contributed by atoms with E-state index in [1.54, 1.807) is 18.2 Å². The van der Waals surface area contributed by atoms with Crippen LogP contribution in [0.3, 0.4) is 0 Å². The zero-order valence-electron chi connectivity index (χ0n) is 10.2. The smallest absolute Gasteiger partial charge is 0.305 e. The molecule has 1 amide bonds. The molecule has 104 valence electrons. The van der Waals surface area contributed by atoms with Gasteiger partial charge in [-0.15, -0.1) is 0 Å². The summed E-state index contributed by atoms with van der Waals surface area (Å²) >= 11 is 6.08. The lowest BCUT2D eigenvalue weighted by atomic mass is 10.2. The number of amides is 1. The second-order valence-corrected chi connectivity index (χ2v) is 5.67. The van der Waals surface area contributed by atoms with Crippen molar-refractivity contribution in [3.63, 3.8) is 0 Å². The molecule has 20 heavy (non-hydrogen) atoms. The normalized spacial score (nSPS) is 17.1. The molecule has 1 aliphatic rings. The lowest BCUT2D eigenvalue weighted by molar-refractivity contribution is -0.137. The van der Waals surface area contributed by atoms with E-state index in [0.29, 0.717) is 14.8 Å². The third kappa shape index (κ3) is 3.23. The van der Waals surface area contributed by atoms with Gasteiger partial charge in [-0.3, -0.25) is 14.5 Å². The van der Waals surface area contributed by atoms with E-state index in [4.69, 9.17) is 17.3 Å². The van der Waals surface area contributed by atoms with Crippen LogP contribution in [-0.4, -0.2) is 32.7 Å². The van der Waals surface area contributed by atoms with Gasteiger partial charge in [0.1, 0.15) is 10.1 Å². The number of carbonyl (C=O) groups is 2. The number of thiocarbonyl (C=S) groups is 1. The molecule has 0 radical (unpaired) electrons. The van der Waals surface area contributed by atoms with Crippen molar-refractivity contribution < 1.29 is 19.1 Å². The average Bonchev–Trinajstić information content (AvgIpc) is 2.65. The van der Waals surface area contributed by atoms with Gasteiger partial charge in [-0.25, -0.2) is 4.39 Å². The first-order valence-corrected chi connectivity index (χ1v) is 6.93. The summed E-state index contributed by atoms with van der Waals surface area (Å²) in [5.74, 6) is -1.81. The molecule has 2 rings (SSSR count). The molecular weight excluding hydrogens is 301 g/mol. The Morgan fingerprint density at radius 2 is 2.15 bits per heavy atom. The van der Waals surface area contributed by atoms with Crippen molar-refractivity contribution in [2.75, 3.05) is 6.54 Å². The van der Waals surface area contributed by atoms with Crippen molar-refractivity contribution in [2.24, 2.45) is 0 Å². The van der Waals surface area contributed by atoms with Crippen molar-refractivity contribution in [3.8, 4) is 0 Å². The molecule has 1 aromatic rings. The lowest BCUT2D eigenvalue weighted by Gasteiger charge is -2.12. The van der Waals surface area contributed by atoms with Crippen LogP contribution in [0.4, 0.5) is 4.39 Å². The van der Waals surface area contributed by atoms with Gasteiger partial charge in [-0.2, -0.15) is 0 Å². The third-order valence-corrected chi connectivity index (χ3v) is 3.99. The molecule has 0 spiro atoms. The van der Waals surface area contributed by atoms with Gasteiger partial charge in [0.15, 0.2) is 0 Å². The highest BCUT2D eigenvalue weighted by molar-refractivity contribution is 8.26.